The van der Waals surface area contributed by atoms with E-state index in [-0.39, 0.29) is 13.2 Å². The minimum absolute atomic E-state index is 0.0497. The number of nitrogens with zero attached hydrogens (tertiary/aromatic N) is 2. The van der Waals surface area contributed by atoms with Crippen LogP contribution < -0.4 is 0 Å². The lowest BCUT2D eigenvalue weighted by Crippen LogP contribution is -2.44. The second-order valence-corrected chi connectivity index (χ2v) is 4.89. The van der Waals surface area contributed by atoms with Crippen molar-refractivity contribution in [2.75, 3.05) is 26.7 Å². The highest BCUT2D eigenvalue weighted by atomic mass is 16.5. The van der Waals surface area contributed by atoms with Gasteiger partial charge in [0, 0.05) is 7.05 Å². The molecule has 7 heteroatoms. The van der Waals surface area contributed by atoms with E-state index in [1.165, 1.54) is 25.8 Å². The summed E-state index contributed by atoms with van der Waals surface area (Å²) in [6, 6.07) is -0.530. The largest absolute Gasteiger partial charge is 0.465 e. The highest BCUT2D eigenvalue weighted by Crippen LogP contribution is 2.21. The smallest absolute Gasteiger partial charge is 0.327 e. The van der Waals surface area contributed by atoms with Crippen molar-refractivity contribution in [3.8, 4) is 0 Å². The maximum atomic E-state index is 12.1. The molecular weight excluding hydrogens is 252 g/mol. The Labute approximate surface area is 111 Å². The summed E-state index contributed by atoms with van der Waals surface area (Å²) in [6.45, 7) is 4.19. The predicted molar refractivity (Wildman–Crippen MR) is 65.2 cm³/mol. The van der Waals surface area contributed by atoms with E-state index in [2.05, 4.69) is 0 Å². The van der Waals surface area contributed by atoms with Crippen LogP contribution in [0.2, 0.25) is 0 Å². The lowest BCUT2D eigenvalue weighted by Gasteiger charge is -2.23. The molecule has 0 aliphatic carbocycles. The second-order valence-electron chi connectivity index (χ2n) is 4.89. The Kier molecular flexibility index (Phi) is 4.28. The number of carbonyl (C=O) groups is 4. The molecule has 7 nitrogen and oxygen atoms in total. The first-order valence-electron chi connectivity index (χ1n) is 5.97. The number of urea groups is 1. The predicted octanol–water partition coefficient (Wildman–Crippen LogP) is 0.0388. The van der Waals surface area contributed by atoms with Gasteiger partial charge in [-0.1, -0.05) is 0 Å². The quantitative estimate of drug-likeness (QED) is 0.400. The van der Waals surface area contributed by atoms with Crippen LogP contribution in [0.25, 0.3) is 0 Å². The van der Waals surface area contributed by atoms with E-state index in [4.69, 9.17) is 4.74 Å². The average Bonchev–Trinajstić information content (AvgIpc) is 2.56. The summed E-state index contributed by atoms with van der Waals surface area (Å²) in [4.78, 5) is 49.0. The van der Waals surface area contributed by atoms with Gasteiger partial charge in [-0.2, -0.15) is 0 Å². The highest BCUT2D eigenvalue weighted by molar-refractivity contribution is 6.09. The van der Waals surface area contributed by atoms with E-state index in [1.54, 1.807) is 6.92 Å². The fourth-order valence-electron chi connectivity index (χ4n) is 1.59. The number of imide groups is 1. The van der Waals surface area contributed by atoms with E-state index in [1.807, 2.05) is 0 Å². The molecule has 1 fully saturated rings. The topological polar surface area (TPSA) is 84.0 Å². The summed E-state index contributed by atoms with van der Waals surface area (Å²) in [5, 5.41) is 0. The number of Topliss-reactive ketones (excluding diaryl/α,β-unsaturated/α-hetero) is 1. The van der Waals surface area contributed by atoms with Gasteiger partial charge in [0.2, 0.25) is 0 Å². The van der Waals surface area contributed by atoms with Crippen LogP contribution in [0.1, 0.15) is 20.8 Å². The summed E-state index contributed by atoms with van der Waals surface area (Å²) in [6.07, 6.45) is 0. The Morgan fingerprint density at radius 3 is 2.32 bits per heavy atom. The van der Waals surface area contributed by atoms with Crippen molar-refractivity contribution in [2.24, 2.45) is 5.41 Å². The van der Waals surface area contributed by atoms with Gasteiger partial charge in [0.15, 0.2) is 5.78 Å². The number of carbonyl (C=O) groups excluding carboxylic acids is 4. The van der Waals surface area contributed by atoms with E-state index < -0.39 is 35.7 Å². The second kappa shape index (κ2) is 5.38. The van der Waals surface area contributed by atoms with Gasteiger partial charge in [-0.25, -0.2) is 4.79 Å². The molecule has 0 N–H and O–H groups in total. The summed E-state index contributed by atoms with van der Waals surface area (Å²) < 4.78 is 4.81. The Morgan fingerprint density at radius 2 is 1.89 bits per heavy atom. The number of hydrogen-bond acceptors (Lipinski definition) is 5. The maximum Gasteiger partial charge on any atom is 0.327 e. The number of hydrogen-bond donors (Lipinski definition) is 0. The third-order valence-electron chi connectivity index (χ3n) is 3.02. The molecule has 1 saturated heterocycles. The van der Waals surface area contributed by atoms with Crippen LogP contribution in [0.4, 0.5) is 4.79 Å². The molecule has 0 spiro atoms. The van der Waals surface area contributed by atoms with Crippen LogP contribution in [0.5, 0.6) is 0 Å². The zero-order valence-corrected chi connectivity index (χ0v) is 11.6. The van der Waals surface area contributed by atoms with Crippen molar-refractivity contribution in [3.05, 3.63) is 0 Å². The zero-order chi connectivity index (χ0) is 14.8. The zero-order valence-electron chi connectivity index (χ0n) is 11.6. The van der Waals surface area contributed by atoms with Gasteiger partial charge in [-0.05, 0) is 20.8 Å². The van der Waals surface area contributed by atoms with Crippen molar-refractivity contribution >= 4 is 23.7 Å². The molecule has 0 atom stereocenters. The van der Waals surface area contributed by atoms with Crippen molar-refractivity contribution in [1.82, 2.24) is 9.80 Å². The molecule has 106 valence electrons. The molecule has 1 aliphatic rings. The number of ketones is 1. The van der Waals surface area contributed by atoms with Crippen LogP contribution >= 0.6 is 0 Å². The van der Waals surface area contributed by atoms with Gasteiger partial charge in [-0.15, -0.1) is 0 Å². The molecule has 1 rings (SSSR count). The Bertz CT molecular complexity index is 430. The standard InChI is InChI=1S/C12H18N2O5/c1-5-19-10(17)12(2,3)8(15)6-14-9(16)7-13(4)11(14)18/h5-7H2,1-4H3. The molecular formula is C12H18N2O5. The minimum atomic E-state index is -1.38. The fourth-order valence-corrected chi connectivity index (χ4v) is 1.59. The molecule has 0 aromatic heterocycles. The molecule has 3 amide bonds. The molecule has 0 saturated carbocycles. The van der Waals surface area contributed by atoms with Crippen LogP contribution in [0.15, 0.2) is 0 Å². The number of esters is 1. The number of rotatable bonds is 5. The average molecular weight is 270 g/mol. The summed E-state index contributed by atoms with van der Waals surface area (Å²) in [5.41, 5.74) is -1.38. The van der Waals surface area contributed by atoms with Gasteiger partial charge in [-0.3, -0.25) is 19.3 Å². The van der Waals surface area contributed by atoms with Crippen LogP contribution in [0.3, 0.4) is 0 Å². The highest BCUT2D eigenvalue weighted by Gasteiger charge is 2.42. The molecule has 0 unspecified atom stereocenters. The summed E-state index contributed by atoms with van der Waals surface area (Å²) >= 11 is 0. The van der Waals surface area contributed by atoms with Crippen molar-refractivity contribution < 1.29 is 23.9 Å². The first-order valence-corrected chi connectivity index (χ1v) is 5.97. The summed E-state index contributed by atoms with van der Waals surface area (Å²) in [7, 11) is 1.47. The van der Waals surface area contributed by atoms with Crippen molar-refractivity contribution in [3.63, 3.8) is 0 Å². The third kappa shape index (κ3) is 2.91. The van der Waals surface area contributed by atoms with E-state index >= 15 is 0 Å². The molecule has 0 aromatic carbocycles. The van der Waals surface area contributed by atoms with Crippen molar-refractivity contribution in [2.45, 2.75) is 20.8 Å². The normalized spacial score (nSPS) is 16.0. The van der Waals surface area contributed by atoms with Gasteiger partial charge in [0.1, 0.15) is 12.0 Å². The van der Waals surface area contributed by atoms with E-state index in [0.29, 0.717) is 0 Å². The summed E-state index contributed by atoms with van der Waals surface area (Å²) in [5.74, 6) is -1.63. The molecule has 0 radical (unpaired) electrons. The Hall–Kier alpha value is -1.92. The Morgan fingerprint density at radius 1 is 1.32 bits per heavy atom. The monoisotopic (exact) mass is 270 g/mol. The third-order valence-corrected chi connectivity index (χ3v) is 3.02. The van der Waals surface area contributed by atoms with Crippen LogP contribution in [0, 0.1) is 5.41 Å². The fraction of sp³-hybridized carbons (Fsp3) is 0.667. The minimum Gasteiger partial charge on any atom is -0.465 e. The van der Waals surface area contributed by atoms with Gasteiger partial charge in [0.05, 0.1) is 13.2 Å². The number of likely N-dealkylation sites (N-methyl/N-ethyl adjacent to an activating group) is 1. The SMILES string of the molecule is CCOC(=O)C(C)(C)C(=O)CN1C(=O)CN(C)C1=O. The lowest BCUT2D eigenvalue weighted by molar-refractivity contribution is -0.158. The lowest BCUT2D eigenvalue weighted by atomic mass is 9.88. The molecule has 0 aromatic rings. The Balaban J connectivity index is 2.77. The van der Waals surface area contributed by atoms with Crippen molar-refractivity contribution in [1.29, 1.82) is 0 Å². The first-order chi connectivity index (χ1) is 8.71. The van der Waals surface area contributed by atoms with Gasteiger partial charge >= 0.3 is 12.0 Å². The number of amides is 3. The van der Waals surface area contributed by atoms with Gasteiger partial charge in [0.25, 0.3) is 5.91 Å². The van der Waals surface area contributed by atoms with E-state index in [0.717, 1.165) is 4.90 Å². The first kappa shape index (κ1) is 15.1. The van der Waals surface area contributed by atoms with Gasteiger partial charge < -0.3 is 9.64 Å². The van der Waals surface area contributed by atoms with Crippen LogP contribution in [-0.2, 0) is 19.1 Å². The van der Waals surface area contributed by atoms with E-state index in [9.17, 15) is 19.2 Å². The molecule has 1 heterocycles. The molecule has 0 bridgehead atoms. The van der Waals surface area contributed by atoms with Crippen LogP contribution in [-0.4, -0.2) is 60.2 Å². The maximum absolute atomic E-state index is 12.1. The molecule has 1 aliphatic heterocycles. The number of ether oxygens (including phenoxy) is 1. The molecule has 19 heavy (non-hydrogen) atoms.